The molecule has 0 spiro atoms. The zero-order chi connectivity index (χ0) is 20.8. The quantitative estimate of drug-likeness (QED) is 0.688. The Balaban J connectivity index is 1.61. The maximum atomic E-state index is 13.0. The number of methoxy groups -OCH3 is 1. The fourth-order valence-corrected chi connectivity index (χ4v) is 4.14. The predicted molar refractivity (Wildman–Crippen MR) is 117 cm³/mol. The van der Waals surface area contributed by atoms with Crippen LogP contribution in [0, 0.1) is 0 Å². The second-order valence-corrected chi connectivity index (χ2v) is 8.18. The average Bonchev–Trinajstić information content (AvgIpc) is 3.18. The number of hydrogen-bond donors (Lipinski definition) is 2. The van der Waals surface area contributed by atoms with E-state index in [-0.39, 0.29) is 18.4 Å². The van der Waals surface area contributed by atoms with Crippen LogP contribution in [-0.2, 0) is 9.59 Å². The first-order valence-electron chi connectivity index (χ1n) is 9.95. The van der Waals surface area contributed by atoms with Gasteiger partial charge in [0.25, 0.3) is 0 Å². The number of amides is 2. The highest BCUT2D eigenvalue weighted by molar-refractivity contribution is 7.80. The van der Waals surface area contributed by atoms with Crippen molar-refractivity contribution in [1.29, 1.82) is 0 Å². The summed E-state index contributed by atoms with van der Waals surface area (Å²) in [5, 5.41) is 7.03. The van der Waals surface area contributed by atoms with Crippen molar-refractivity contribution in [3.8, 4) is 5.75 Å². The minimum absolute atomic E-state index is 0.0286. The van der Waals surface area contributed by atoms with Crippen molar-refractivity contribution in [2.24, 2.45) is 0 Å². The number of benzene rings is 1. The van der Waals surface area contributed by atoms with Crippen molar-refractivity contribution >= 4 is 46.4 Å². The zero-order valence-electron chi connectivity index (χ0n) is 16.6. The second-order valence-electron chi connectivity index (χ2n) is 7.34. The molecule has 2 aliphatic heterocycles. The number of rotatable bonds is 5. The third-order valence-corrected chi connectivity index (χ3v) is 5.74. The number of nitrogens with zero attached hydrogens (tertiary/aromatic N) is 2. The Morgan fingerprint density at radius 2 is 1.97 bits per heavy atom. The fourth-order valence-electron chi connectivity index (χ4n) is 3.72. The summed E-state index contributed by atoms with van der Waals surface area (Å²) in [6.45, 7) is 2.31. The molecule has 158 valence electrons. The molecular formula is C20H27ClN4O3S. The topological polar surface area (TPSA) is 73.9 Å². The van der Waals surface area contributed by atoms with Gasteiger partial charge >= 0.3 is 0 Å². The van der Waals surface area contributed by atoms with Crippen molar-refractivity contribution in [1.82, 2.24) is 15.1 Å². The van der Waals surface area contributed by atoms with E-state index in [1.807, 2.05) is 4.90 Å². The highest BCUT2D eigenvalue weighted by Gasteiger charge is 2.30. The summed E-state index contributed by atoms with van der Waals surface area (Å²) in [5.74, 6) is 0.543. The molecule has 2 amide bonds. The number of likely N-dealkylation sites (tertiary alicyclic amines) is 2. The first-order chi connectivity index (χ1) is 14.0. The average molecular weight is 439 g/mol. The summed E-state index contributed by atoms with van der Waals surface area (Å²) in [6, 6.07) is 4.72. The van der Waals surface area contributed by atoms with Crippen LogP contribution in [0.1, 0.15) is 32.1 Å². The van der Waals surface area contributed by atoms with Crippen LogP contribution in [0.15, 0.2) is 18.2 Å². The molecule has 7 nitrogen and oxygen atoms in total. The lowest BCUT2D eigenvalue weighted by atomic mass is 10.1. The van der Waals surface area contributed by atoms with Gasteiger partial charge < -0.3 is 25.2 Å². The molecule has 0 bridgehead atoms. The second kappa shape index (κ2) is 10.1. The van der Waals surface area contributed by atoms with Crippen molar-refractivity contribution < 1.29 is 14.3 Å². The SMILES string of the molecule is COc1ccc(Cl)cc1NC(=S)N[C@H]1CCCCN(CC(=O)N2CCCC2)C1=O. The molecule has 0 unspecified atom stereocenters. The van der Waals surface area contributed by atoms with Crippen molar-refractivity contribution in [2.75, 3.05) is 38.6 Å². The van der Waals surface area contributed by atoms with Gasteiger partial charge in [-0.1, -0.05) is 11.6 Å². The molecule has 0 aliphatic carbocycles. The molecular weight excluding hydrogens is 412 g/mol. The molecule has 9 heteroatoms. The number of thiocarbonyl (C=S) groups is 1. The Morgan fingerprint density at radius 1 is 1.24 bits per heavy atom. The van der Waals surface area contributed by atoms with Gasteiger partial charge in [0.2, 0.25) is 11.8 Å². The van der Waals surface area contributed by atoms with E-state index in [2.05, 4.69) is 10.6 Å². The zero-order valence-corrected chi connectivity index (χ0v) is 18.2. The number of carbonyl (C=O) groups excluding carboxylic acids is 2. The van der Waals surface area contributed by atoms with E-state index in [4.69, 9.17) is 28.6 Å². The van der Waals surface area contributed by atoms with E-state index in [0.29, 0.717) is 34.5 Å². The third kappa shape index (κ3) is 5.73. The van der Waals surface area contributed by atoms with Crippen LogP contribution >= 0.6 is 23.8 Å². The van der Waals surface area contributed by atoms with E-state index in [0.717, 1.165) is 38.8 Å². The Bertz CT molecular complexity index is 770. The lowest BCUT2D eigenvalue weighted by Crippen LogP contribution is -2.51. The molecule has 3 rings (SSSR count). The first kappa shape index (κ1) is 21.6. The summed E-state index contributed by atoms with van der Waals surface area (Å²) in [5.41, 5.74) is 0.625. The highest BCUT2D eigenvalue weighted by Crippen LogP contribution is 2.27. The van der Waals surface area contributed by atoms with E-state index in [9.17, 15) is 9.59 Å². The largest absolute Gasteiger partial charge is 0.495 e. The van der Waals surface area contributed by atoms with Gasteiger partial charge in [0.05, 0.1) is 19.3 Å². The molecule has 2 fully saturated rings. The number of halogens is 1. The normalized spacial score (nSPS) is 19.7. The molecule has 1 aromatic rings. The maximum Gasteiger partial charge on any atom is 0.245 e. The maximum absolute atomic E-state index is 13.0. The molecule has 29 heavy (non-hydrogen) atoms. The van der Waals surface area contributed by atoms with E-state index < -0.39 is 6.04 Å². The highest BCUT2D eigenvalue weighted by atomic mass is 35.5. The van der Waals surface area contributed by atoms with Gasteiger partial charge in [-0.05, 0) is 62.5 Å². The minimum atomic E-state index is -0.464. The van der Waals surface area contributed by atoms with E-state index in [1.54, 1.807) is 30.2 Å². The van der Waals surface area contributed by atoms with Crippen molar-refractivity contribution in [3.05, 3.63) is 23.2 Å². The van der Waals surface area contributed by atoms with Crippen LogP contribution in [0.25, 0.3) is 0 Å². The van der Waals surface area contributed by atoms with Gasteiger partial charge in [-0.3, -0.25) is 9.59 Å². The van der Waals surface area contributed by atoms with E-state index >= 15 is 0 Å². The molecule has 0 radical (unpaired) electrons. The summed E-state index contributed by atoms with van der Waals surface area (Å²) >= 11 is 11.5. The molecule has 2 N–H and O–H groups in total. The van der Waals surface area contributed by atoms with Crippen LogP contribution in [0.4, 0.5) is 5.69 Å². The molecule has 2 heterocycles. The number of carbonyl (C=O) groups is 2. The monoisotopic (exact) mass is 438 g/mol. The van der Waals surface area contributed by atoms with Crippen LogP contribution in [-0.4, -0.2) is 66.1 Å². The van der Waals surface area contributed by atoms with Gasteiger partial charge in [-0.25, -0.2) is 0 Å². The smallest absolute Gasteiger partial charge is 0.245 e. The van der Waals surface area contributed by atoms with Gasteiger partial charge in [-0.2, -0.15) is 0 Å². The molecule has 1 atom stereocenters. The summed E-state index contributed by atoms with van der Waals surface area (Å²) in [6.07, 6.45) is 4.51. The Labute approximate surface area is 181 Å². The first-order valence-corrected chi connectivity index (χ1v) is 10.7. The van der Waals surface area contributed by atoms with Gasteiger partial charge in [-0.15, -0.1) is 0 Å². The number of nitrogens with one attached hydrogen (secondary N) is 2. The minimum Gasteiger partial charge on any atom is -0.495 e. The summed E-state index contributed by atoms with van der Waals surface area (Å²) in [7, 11) is 1.56. The number of anilines is 1. The van der Waals surface area contributed by atoms with Crippen LogP contribution in [0.2, 0.25) is 5.02 Å². The van der Waals surface area contributed by atoms with E-state index in [1.165, 1.54) is 0 Å². The van der Waals surface area contributed by atoms with Gasteiger partial charge in [0.1, 0.15) is 11.8 Å². The van der Waals surface area contributed by atoms with Crippen molar-refractivity contribution in [2.45, 2.75) is 38.1 Å². The molecule has 1 aromatic carbocycles. The fraction of sp³-hybridized carbons (Fsp3) is 0.550. The lowest BCUT2D eigenvalue weighted by Gasteiger charge is -2.27. The number of hydrogen-bond acceptors (Lipinski definition) is 4. The molecule has 0 saturated carbocycles. The van der Waals surface area contributed by atoms with Crippen LogP contribution < -0.4 is 15.4 Å². The number of ether oxygens (including phenoxy) is 1. The lowest BCUT2D eigenvalue weighted by molar-refractivity contribution is -0.140. The summed E-state index contributed by atoms with van der Waals surface area (Å²) in [4.78, 5) is 29.0. The van der Waals surface area contributed by atoms with Gasteiger partial charge in [0, 0.05) is 24.7 Å². The molecule has 2 saturated heterocycles. The Kier molecular flexibility index (Phi) is 7.55. The predicted octanol–water partition coefficient (Wildman–Crippen LogP) is 2.64. The summed E-state index contributed by atoms with van der Waals surface area (Å²) < 4.78 is 5.32. The molecule has 0 aromatic heterocycles. The Morgan fingerprint density at radius 3 is 2.69 bits per heavy atom. The Hall–Kier alpha value is -2.06. The van der Waals surface area contributed by atoms with Crippen molar-refractivity contribution in [3.63, 3.8) is 0 Å². The van der Waals surface area contributed by atoms with Crippen LogP contribution in [0.3, 0.4) is 0 Å². The van der Waals surface area contributed by atoms with Crippen LogP contribution in [0.5, 0.6) is 5.75 Å². The standard InChI is InChI=1S/C20H27ClN4O3S/c1-28-17-8-7-14(21)12-16(17)23-20(29)22-15-6-2-3-11-25(19(15)27)13-18(26)24-9-4-5-10-24/h7-8,12,15H,2-6,9-11,13H2,1H3,(H2,22,23,29)/t15-/m0/s1. The molecule has 2 aliphatic rings. The van der Waals surface area contributed by atoms with Gasteiger partial charge in [0.15, 0.2) is 5.11 Å². The third-order valence-electron chi connectivity index (χ3n) is 5.28.